The molecule has 0 aliphatic carbocycles. The van der Waals surface area contributed by atoms with E-state index in [4.69, 9.17) is 17.3 Å². The van der Waals surface area contributed by atoms with Crippen molar-refractivity contribution in [3.05, 3.63) is 29.3 Å². The fraction of sp³-hybridized carbons (Fsp3) is 0.529. The molecular formula is C17H25ClN4O2. The molecule has 1 aliphatic rings. The Kier molecular flexibility index (Phi) is 7.49. The summed E-state index contributed by atoms with van der Waals surface area (Å²) in [6.07, 6.45) is 2.25. The number of nitrogens with two attached hydrogens (primary N) is 1. The van der Waals surface area contributed by atoms with Gasteiger partial charge in [-0.3, -0.25) is 9.59 Å². The lowest BCUT2D eigenvalue weighted by atomic mass is 9.97. The fourth-order valence-corrected chi connectivity index (χ4v) is 3.05. The van der Waals surface area contributed by atoms with Gasteiger partial charge in [0.05, 0.1) is 5.92 Å². The van der Waals surface area contributed by atoms with Gasteiger partial charge >= 0.3 is 0 Å². The van der Waals surface area contributed by atoms with E-state index in [1.54, 1.807) is 18.2 Å². The summed E-state index contributed by atoms with van der Waals surface area (Å²) in [5.41, 5.74) is 6.11. The molecule has 1 unspecified atom stereocenters. The third kappa shape index (κ3) is 6.11. The summed E-state index contributed by atoms with van der Waals surface area (Å²) in [5.74, 6) is 0.00166. The van der Waals surface area contributed by atoms with Crippen molar-refractivity contribution in [2.75, 3.05) is 38.0 Å². The Labute approximate surface area is 147 Å². The molecule has 4 N–H and O–H groups in total. The zero-order chi connectivity index (χ0) is 17.4. The van der Waals surface area contributed by atoms with Crippen LogP contribution in [0.5, 0.6) is 0 Å². The summed E-state index contributed by atoms with van der Waals surface area (Å²) >= 11 is 5.90. The van der Waals surface area contributed by atoms with Crippen LogP contribution in [0, 0.1) is 5.92 Å². The summed E-state index contributed by atoms with van der Waals surface area (Å²) in [5, 5.41) is 6.28. The van der Waals surface area contributed by atoms with Gasteiger partial charge in [-0.2, -0.15) is 0 Å². The van der Waals surface area contributed by atoms with E-state index in [9.17, 15) is 9.59 Å². The number of rotatable bonds is 7. The molecular weight excluding hydrogens is 328 g/mol. The summed E-state index contributed by atoms with van der Waals surface area (Å²) < 4.78 is 0. The first-order valence-corrected chi connectivity index (χ1v) is 8.72. The smallest absolute Gasteiger partial charge is 0.225 e. The summed E-state index contributed by atoms with van der Waals surface area (Å²) in [6, 6.07) is 7.09. The Morgan fingerprint density at radius 2 is 2.21 bits per heavy atom. The van der Waals surface area contributed by atoms with Crippen molar-refractivity contribution in [1.82, 2.24) is 10.2 Å². The van der Waals surface area contributed by atoms with Crippen molar-refractivity contribution in [3.8, 4) is 0 Å². The number of likely N-dealkylation sites (tertiary alicyclic amines) is 1. The highest BCUT2D eigenvalue weighted by molar-refractivity contribution is 6.30. The van der Waals surface area contributed by atoms with Crippen LogP contribution in [0.2, 0.25) is 5.02 Å². The fourth-order valence-electron chi connectivity index (χ4n) is 2.86. The number of piperidine rings is 1. The topological polar surface area (TPSA) is 87.5 Å². The number of hydrogen-bond acceptors (Lipinski definition) is 4. The van der Waals surface area contributed by atoms with Crippen LogP contribution in [0.1, 0.15) is 19.3 Å². The molecule has 2 amide bonds. The molecule has 24 heavy (non-hydrogen) atoms. The number of nitrogens with zero attached hydrogens (tertiary/aromatic N) is 1. The molecule has 132 valence electrons. The third-order valence-corrected chi connectivity index (χ3v) is 4.32. The first-order chi connectivity index (χ1) is 11.6. The first-order valence-electron chi connectivity index (χ1n) is 8.34. The molecule has 0 radical (unpaired) electrons. The highest BCUT2D eigenvalue weighted by Crippen LogP contribution is 2.18. The summed E-state index contributed by atoms with van der Waals surface area (Å²) in [7, 11) is 0. The third-order valence-electron chi connectivity index (χ3n) is 4.08. The van der Waals surface area contributed by atoms with E-state index in [1.807, 2.05) is 6.07 Å². The van der Waals surface area contributed by atoms with E-state index in [0.717, 1.165) is 19.4 Å². The van der Waals surface area contributed by atoms with Crippen molar-refractivity contribution in [2.24, 2.45) is 11.7 Å². The number of nitrogens with one attached hydrogen (secondary N) is 2. The lowest BCUT2D eigenvalue weighted by molar-refractivity contribution is -0.126. The molecule has 1 atom stereocenters. The van der Waals surface area contributed by atoms with Gasteiger partial charge in [-0.05, 0) is 37.6 Å². The Morgan fingerprint density at radius 3 is 2.96 bits per heavy atom. The molecule has 1 aliphatic heterocycles. The predicted molar refractivity (Wildman–Crippen MR) is 95.9 cm³/mol. The Bertz CT molecular complexity index is 567. The standard InChI is InChI=1S/C17H25ClN4O2/c18-14-4-1-5-15(11-14)21-16(23)6-10-22-9-2-3-13(12-22)17(24)20-8-7-19/h1,4-5,11,13H,2-3,6-10,12,19H2,(H,20,24)(H,21,23). The lowest BCUT2D eigenvalue weighted by Crippen LogP contribution is -2.44. The normalized spacial score (nSPS) is 18.2. The van der Waals surface area contributed by atoms with Crippen LogP contribution in [0.4, 0.5) is 5.69 Å². The number of halogens is 1. The van der Waals surface area contributed by atoms with Crippen molar-refractivity contribution in [1.29, 1.82) is 0 Å². The van der Waals surface area contributed by atoms with Gasteiger partial charge in [-0.15, -0.1) is 0 Å². The summed E-state index contributed by atoms with van der Waals surface area (Å²) in [4.78, 5) is 26.3. The highest BCUT2D eigenvalue weighted by Gasteiger charge is 2.25. The van der Waals surface area contributed by atoms with E-state index in [0.29, 0.717) is 43.3 Å². The van der Waals surface area contributed by atoms with Crippen molar-refractivity contribution in [3.63, 3.8) is 0 Å². The first kappa shape index (κ1) is 18.7. The molecule has 0 saturated carbocycles. The maximum absolute atomic E-state index is 12.0. The molecule has 1 heterocycles. The largest absolute Gasteiger partial charge is 0.355 e. The van der Waals surface area contributed by atoms with E-state index >= 15 is 0 Å². The van der Waals surface area contributed by atoms with Crippen LogP contribution < -0.4 is 16.4 Å². The van der Waals surface area contributed by atoms with Crippen LogP contribution >= 0.6 is 11.6 Å². The Morgan fingerprint density at radius 1 is 1.38 bits per heavy atom. The average molecular weight is 353 g/mol. The van der Waals surface area contributed by atoms with Crippen LogP contribution in [0.25, 0.3) is 0 Å². The van der Waals surface area contributed by atoms with Crippen molar-refractivity contribution in [2.45, 2.75) is 19.3 Å². The quantitative estimate of drug-likeness (QED) is 0.693. The van der Waals surface area contributed by atoms with Crippen molar-refractivity contribution >= 4 is 29.1 Å². The molecule has 0 bridgehead atoms. The number of amides is 2. The van der Waals surface area contributed by atoms with Gasteiger partial charge in [0.2, 0.25) is 11.8 Å². The molecule has 0 spiro atoms. The minimum atomic E-state index is -0.0491. The maximum Gasteiger partial charge on any atom is 0.225 e. The van der Waals surface area contributed by atoms with E-state index in [2.05, 4.69) is 15.5 Å². The van der Waals surface area contributed by atoms with Gasteiger partial charge in [0.25, 0.3) is 0 Å². The molecule has 1 aromatic carbocycles. The zero-order valence-corrected chi connectivity index (χ0v) is 14.5. The number of carbonyl (C=O) groups excluding carboxylic acids is 2. The predicted octanol–water partition coefficient (Wildman–Crippen LogP) is 1.46. The molecule has 7 heteroatoms. The monoisotopic (exact) mass is 352 g/mol. The summed E-state index contributed by atoms with van der Waals surface area (Å²) in [6.45, 7) is 3.22. The van der Waals surface area contributed by atoms with Gasteiger partial charge in [0.15, 0.2) is 0 Å². The van der Waals surface area contributed by atoms with Crippen LogP contribution in [0.15, 0.2) is 24.3 Å². The Hall–Kier alpha value is -1.63. The van der Waals surface area contributed by atoms with Gasteiger partial charge in [0, 0.05) is 43.3 Å². The van der Waals surface area contributed by atoms with E-state index in [-0.39, 0.29) is 17.7 Å². The van der Waals surface area contributed by atoms with Crippen LogP contribution in [-0.2, 0) is 9.59 Å². The Balaban J connectivity index is 1.74. The van der Waals surface area contributed by atoms with Crippen LogP contribution in [0.3, 0.4) is 0 Å². The zero-order valence-electron chi connectivity index (χ0n) is 13.8. The minimum Gasteiger partial charge on any atom is -0.355 e. The van der Waals surface area contributed by atoms with Gasteiger partial charge < -0.3 is 21.3 Å². The van der Waals surface area contributed by atoms with Gasteiger partial charge in [-0.25, -0.2) is 0 Å². The SMILES string of the molecule is NCCNC(=O)C1CCCN(CCC(=O)Nc2cccc(Cl)c2)C1. The molecule has 1 aromatic rings. The number of carbonyl (C=O) groups is 2. The second kappa shape index (κ2) is 9.61. The van der Waals surface area contributed by atoms with E-state index in [1.165, 1.54) is 0 Å². The minimum absolute atomic E-state index is 0.0127. The molecule has 1 fully saturated rings. The van der Waals surface area contributed by atoms with Gasteiger partial charge in [-0.1, -0.05) is 17.7 Å². The second-order valence-corrected chi connectivity index (χ2v) is 6.46. The van der Waals surface area contributed by atoms with E-state index < -0.39 is 0 Å². The van der Waals surface area contributed by atoms with Crippen LogP contribution in [-0.4, -0.2) is 49.4 Å². The van der Waals surface area contributed by atoms with Crippen molar-refractivity contribution < 1.29 is 9.59 Å². The highest BCUT2D eigenvalue weighted by atomic mass is 35.5. The maximum atomic E-state index is 12.0. The molecule has 0 aromatic heterocycles. The molecule has 1 saturated heterocycles. The average Bonchev–Trinajstić information content (AvgIpc) is 2.58. The number of anilines is 1. The molecule has 2 rings (SSSR count). The second-order valence-electron chi connectivity index (χ2n) is 6.03. The number of hydrogen-bond donors (Lipinski definition) is 3. The van der Waals surface area contributed by atoms with Gasteiger partial charge in [0.1, 0.15) is 0 Å². The molecule has 6 nitrogen and oxygen atoms in total. The number of benzene rings is 1. The lowest BCUT2D eigenvalue weighted by Gasteiger charge is -2.31.